The first kappa shape index (κ1) is 14.4. The number of carbonyl (C=O) groups is 1. The molecule has 18 heavy (non-hydrogen) atoms. The molecule has 0 radical (unpaired) electrons. The Hall–Kier alpha value is -1.69. The van der Waals surface area contributed by atoms with Gasteiger partial charge in [0.05, 0.1) is 11.9 Å². The second-order valence-corrected chi connectivity index (χ2v) is 4.57. The van der Waals surface area contributed by atoms with E-state index in [-0.39, 0.29) is 23.6 Å². The number of nitrogen functional groups attached to an aromatic ring is 1. The van der Waals surface area contributed by atoms with E-state index in [0.717, 1.165) is 6.42 Å². The van der Waals surface area contributed by atoms with Crippen molar-refractivity contribution in [2.45, 2.75) is 46.1 Å². The fraction of sp³-hybridized carbons (Fsp3) is 0.583. The van der Waals surface area contributed by atoms with E-state index in [9.17, 15) is 4.79 Å². The molecule has 100 valence electrons. The maximum absolute atomic E-state index is 12.1. The molecule has 0 saturated carbocycles. The molecule has 1 unspecified atom stereocenters. The van der Waals surface area contributed by atoms with Crippen LogP contribution in [0.1, 0.15) is 56.3 Å². The zero-order valence-corrected chi connectivity index (χ0v) is 11.3. The van der Waals surface area contributed by atoms with E-state index in [2.05, 4.69) is 20.7 Å². The van der Waals surface area contributed by atoms with Gasteiger partial charge in [-0.05, 0) is 13.3 Å². The summed E-state index contributed by atoms with van der Waals surface area (Å²) in [5.41, 5.74) is 3.17. The molecule has 1 atom stereocenters. The van der Waals surface area contributed by atoms with Gasteiger partial charge in [0.25, 0.3) is 5.91 Å². The average Bonchev–Trinajstić information content (AvgIpc) is 2.37. The van der Waals surface area contributed by atoms with Crippen LogP contribution in [0.4, 0.5) is 5.69 Å². The number of hydrogen-bond acceptors (Lipinski definition) is 5. The Bertz CT molecular complexity index is 419. The van der Waals surface area contributed by atoms with Crippen LogP contribution in [0.2, 0.25) is 0 Å². The van der Waals surface area contributed by atoms with Crippen LogP contribution in [0.15, 0.2) is 6.20 Å². The smallest absolute Gasteiger partial charge is 0.272 e. The van der Waals surface area contributed by atoms with Crippen LogP contribution in [0.3, 0.4) is 0 Å². The predicted octanol–water partition coefficient (Wildman–Crippen LogP) is 1.41. The molecular weight excluding hydrogens is 230 g/mol. The Morgan fingerprint density at radius 2 is 2.11 bits per heavy atom. The van der Waals surface area contributed by atoms with Crippen molar-refractivity contribution in [2.75, 3.05) is 5.43 Å². The summed E-state index contributed by atoms with van der Waals surface area (Å²) in [4.78, 5) is 20.5. The van der Waals surface area contributed by atoms with Crippen molar-refractivity contribution in [3.05, 3.63) is 17.7 Å². The molecule has 1 aromatic rings. The van der Waals surface area contributed by atoms with Crippen molar-refractivity contribution >= 4 is 11.6 Å². The van der Waals surface area contributed by atoms with Crippen LogP contribution in [-0.2, 0) is 0 Å². The van der Waals surface area contributed by atoms with Gasteiger partial charge in [-0.25, -0.2) is 9.97 Å². The number of hydrazine groups is 1. The molecule has 0 aromatic carbocycles. The predicted molar refractivity (Wildman–Crippen MR) is 71.2 cm³/mol. The molecule has 1 rings (SSSR count). The second-order valence-electron chi connectivity index (χ2n) is 4.57. The molecule has 0 aliphatic rings. The van der Waals surface area contributed by atoms with Crippen molar-refractivity contribution in [2.24, 2.45) is 5.84 Å². The molecule has 1 heterocycles. The number of nitrogens with one attached hydrogen (secondary N) is 2. The third kappa shape index (κ3) is 3.40. The van der Waals surface area contributed by atoms with Gasteiger partial charge in [-0.1, -0.05) is 20.8 Å². The molecule has 4 N–H and O–H groups in total. The van der Waals surface area contributed by atoms with E-state index in [1.165, 1.54) is 6.20 Å². The molecule has 0 fully saturated rings. The summed E-state index contributed by atoms with van der Waals surface area (Å²) in [6.07, 6.45) is 2.40. The Morgan fingerprint density at radius 1 is 1.44 bits per heavy atom. The number of nitrogens with zero attached hydrogens (tertiary/aromatic N) is 2. The number of nitrogens with two attached hydrogens (primary N) is 1. The van der Waals surface area contributed by atoms with E-state index < -0.39 is 0 Å². The highest BCUT2D eigenvalue weighted by Gasteiger charge is 2.17. The van der Waals surface area contributed by atoms with Gasteiger partial charge in [0.2, 0.25) is 0 Å². The first-order valence-corrected chi connectivity index (χ1v) is 6.14. The van der Waals surface area contributed by atoms with Crippen LogP contribution in [0.5, 0.6) is 0 Å². The van der Waals surface area contributed by atoms with Crippen molar-refractivity contribution in [3.8, 4) is 0 Å². The molecule has 0 bridgehead atoms. The normalized spacial score (nSPS) is 12.3. The second kappa shape index (κ2) is 6.30. The topological polar surface area (TPSA) is 92.9 Å². The van der Waals surface area contributed by atoms with Crippen LogP contribution >= 0.6 is 0 Å². The van der Waals surface area contributed by atoms with Crippen LogP contribution in [-0.4, -0.2) is 21.9 Å². The van der Waals surface area contributed by atoms with Gasteiger partial charge in [0.15, 0.2) is 5.69 Å². The third-order valence-corrected chi connectivity index (χ3v) is 2.68. The molecule has 6 heteroatoms. The van der Waals surface area contributed by atoms with E-state index >= 15 is 0 Å². The van der Waals surface area contributed by atoms with Crippen molar-refractivity contribution in [3.63, 3.8) is 0 Å². The standard InChI is InChI=1S/C12H21N5O/c1-5-8(4)15-12(18)10-9(17-13)6-14-11(16-10)7(2)3/h6-8,17H,5,13H2,1-4H3,(H,15,18). The lowest BCUT2D eigenvalue weighted by atomic mass is 10.2. The number of rotatable bonds is 5. The SMILES string of the molecule is CCC(C)NC(=O)c1nc(C(C)C)ncc1NN. The van der Waals surface area contributed by atoms with E-state index in [1.807, 2.05) is 27.7 Å². The highest BCUT2D eigenvalue weighted by Crippen LogP contribution is 2.15. The first-order valence-electron chi connectivity index (χ1n) is 6.14. The number of amides is 1. The van der Waals surface area contributed by atoms with Gasteiger partial charge in [0.1, 0.15) is 5.82 Å². The highest BCUT2D eigenvalue weighted by atomic mass is 16.2. The van der Waals surface area contributed by atoms with Crippen LogP contribution in [0, 0.1) is 0 Å². The average molecular weight is 251 g/mol. The lowest BCUT2D eigenvalue weighted by Crippen LogP contribution is -2.33. The summed E-state index contributed by atoms with van der Waals surface area (Å²) in [6, 6.07) is 0.0978. The van der Waals surface area contributed by atoms with Gasteiger partial charge in [-0.3, -0.25) is 10.6 Å². The van der Waals surface area contributed by atoms with E-state index in [1.54, 1.807) is 0 Å². The maximum Gasteiger partial charge on any atom is 0.272 e. The molecule has 1 aromatic heterocycles. The molecule has 1 amide bonds. The number of carbonyl (C=O) groups excluding carboxylic acids is 1. The summed E-state index contributed by atoms with van der Waals surface area (Å²) in [5.74, 6) is 5.92. The minimum absolute atomic E-state index is 0.0978. The lowest BCUT2D eigenvalue weighted by Gasteiger charge is -2.14. The zero-order chi connectivity index (χ0) is 13.7. The summed E-state index contributed by atoms with van der Waals surface area (Å²) in [6.45, 7) is 7.90. The number of aromatic nitrogens is 2. The summed E-state index contributed by atoms with van der Waals surface area (Å²) in [7, 11) is 0. The Kier molecular flexibility index (Phi) is 5.03. The van der Waals surface area contributed by atoms with Crippen molar-refractivity contribution < 1.29 is 4.79 Å². The van der Waals surface area contributed by atoms with Gasteiger partial charge in [0, 0.05) is 12.0 Å². The fourth-order valence-electron chi connectivity index (χ4n) is 1.35. The Labute approximate surface area is 107 Å². The maximum atomic E-state index is 12.1. The molecule has 0 spiro atoms. The number of anilines is 1. The number of hydrogen-bond donors (Lipinski definition) is 3. The van der Waals surface area contributed by atoms with Crippen LogP contribution < -0.4 is 16.6 Å². The quantitative estimate of drug-likeness (QED) is 0.543. The van der Waals surface area contributed by atoms with Gasteiger partial charge < -0.3 is 10.7 Å². The Morgan fingerprint density at radius 3 is 2.61 bits per heavy atom. The fourth-order valence-corrected chi connectivity index (χ4v) is 1.35. The summed E-state index contributed by atoms with van der Waals surface area (Å²) < 4.78 is 0. The molecule has 0 saturated heterocycles. The highest BCUT2D eigenvalue weighted by molar-refractivity contribution is 5.97. The minimum atomic E-state index is -0.235. The largest absolute Gasteiger partial charge is 0.348 e. The third-order valence-electron chi connectivity index (χ3n) is 2.68. The zero-order valence-electron chi connectivity index (χ0n) is 11.3. The van der Waals surface area contributed by atoms with Crippen molar-refractivity contribution in [1.82, 2.24) is 15.3 Å². The minimum Gasteiger partial charge on any atom is -0.348 e. The Balaban J connectivity index is 3.04. The van der Waals surface area contributed by atoms with Gasteiger partial charge >= 0.3 is 0 Å². The van der Waals surface area contributed by atoms with Gasteiger partial charge in [-0.15, -0.1) is 0 Å². The summed E-state index contributed by atoms with van der Waals surface area (Å²) >= 11 is 0. The monoisotopic (exact) mass is 251 g/mol. The first-order chi connectivity index (χ1) is 8.49. The van der Waals surface area contributed by atoms with E-state index in [4.69, 9.17) is 5.84 Å². The summed E-state index contributed by atoms with van der Waals surface area (Å²) in [5, 5.41) is 2.86. The van der Waals surface area contributed by atoms with Crippen molar-refractivity contribution in [1.29, 1.82) is 0 Å². The van der Waals surface area contributed by atoms with Crippen LogP contribution in [0.25, 0.3) is 0 Å². The van der Waals surface area contributed by atoms with E-state index in [0.29, 0.717) is 11.5 Å². The van der Waals surface area contributed by atoms with Gasteiger partial charge in [-0.2, -0.15) is 0 Å². The molecule has 0 aliphatic heterocycles. The molecule has 0 aliphatic carbocycles. The molecular formula is C12H21N5O. The molecule has 6 nitrogen and oxygen atoms in total. The lowest BCUT2D eigenvalue weighted by molar-refractivity contribution is 0.0934.